The summed E-state index contributed by atoms with van der Waals surface area (Å²) < 4.78 is 5.33. The minimum atomic E-state index is -0.369. The van der Waals surface area contributed by atoms with Crippen molar-refractivity contribution in [1.82, 2.24) is 4.98 Å². The molecule has 6 heteroatoms. The van der Waals surface area contributed by atoms with Crippen LogP contribution in [0.1, 0.15) is 81.6 Å². The van der Waals surface area contributed by atoms with Crippen LogP contribution in [0.5, 0.6) is 0 Å². The zero-order chi connectivity index (χ0) is 21.9. The Morgan fingerprint density at radius 2 is 1.65 bits per heavy atom. The van der Waals surface area contributed by atoms with Crippen molar-refractivity contribution in [2.24, 2.45) is 0 Å². The zero-order valence-electron chi connectivity index (χ0n) is 18.3. The normalized spacial score (nSPS) is 11.0. The summed E-state index contributed by atoms with van der Waals surface area (Å²) in [4.78, 5) is 18.7. The van der Waals surface area contributed by atoms with Gasteiger partial charge in [0.25, 0.3) is 0 Å². The van der Waals surface area contributed by atoms with E-state index in [1.807, 2.05) is 6.07 Å². The van der Waals surface area contributed by atoms with Gasteiger partial charge in [-0.25, -0.2) is 4.79 Å². The maximum atomic E-state index is 12.4. The number of aryl methyl sites for hydroxylation is 1. The number of hydrogen-bond acceptors (Lipinski definition) is 6. The van der Waals surface area contributed by atoms with Gasteiger partial charge < -0.3 is 9.73 Å². The van der Waals surface area contributed by atoms with E-state index in [9.17, 15) is 4.79 Å². The molecule has 0 saturated carbocycles. The molecule has 0 bridgehead atoms. The van der Waals surface area contributed by atoms with Gasteiger partial charge in [-0.15, -0.1) is 11.3 Å². The number of anilines is 2. The maximum Gasteiger partial charge on any atom is 0.349 e. The number of aromatic nitrogens is 1. The number of rotatable bonds is 13. The van der Waals surface area contributed by atoms with E-state index in [0.717, 1.165) is 18.5 Å². The van der Waals surface area contributed by atoms with E-state index in [0.29, 0.717) is 15.8 Å². The van der Waals surface area contributed by atoms with Crippen LogP contribution in [0.25, 0.3) is 10.2 Å². The first-order valence-electron chi connectivity index (χ1n) is 11.4. The molecular weight excluding hydrogens is 406 g/mol. The number of nitrogens with zero attached hydrogens (tertiary/aromatic N) is 2. The molecule has 31 heavy (non-hydrogen) atoms. The van der Waals surface area contributed by atoms with Crippen LogP contribution in [0.3, 0.4) is 0 Å². The van der Waals surface area contributed by atoms with Crippen molar-refractivity contribution in [2.75, 3.05) is 5.32 Å². The molecule has 0 aliphatic rings. The van der Waals surface area contributed by atoms with Crippen LogP contribution in [-0.4, -0.2) is 4.98 Å². The average Bonchev–Trinajstić information content (AvgIpc) is 3.19. The van der Waals surface area contributed by atoms with Gasteiger partial charge in [0.1, 0.15) is 4.83 Å². The zero-order valence-corrected chi connectivity index (χ0v) is 19.1. The van der Waals surface area contributed by atoms with Gasteiger partial charge in [0.2, 0.25) is 0 Å². The summed E-state index contributed by atoms with van der Waals surface area (Å²) in [6.45, 7) is 2.26. The van der Waals surface area contributed by atoms with Crippen LogP contribution in [-0.2, 0) is 6.42 Å². The maximum absolute atomic E-state index is 12.4. The third-order valence-electron chi connectivity index (χ3n) is 5.42. The third kappa shape index (κ3) is 7.22. The number of nitrogens with one attached hydrogen (secondary N) is 1. The highest BCUT2D eigenvalue weighted by atomic mass is 32.1. The Labute approximate surface area is 188 Å². The summed E-state index contributed by atoms with van der Waals surface area (Å²) in [6, 6.07) is 11.1. The van der Waals surface area contributed by atoms with E-state index in [1.54, 1.807) is 35.6 Å². The lowest BCUT2D eigenvalue weighted by atomic mass is 10.1. The second kappa shape index (κ2) is 12.3. The molecule has 0 amide bonds. The van der Waals surface area contributed by atoms with E-state index in [-0.39, 0.29) is 11.6 Å². The second-order valence-corrected chi connectivity index (χ2v) is 9.10. The highest BCUT2D eigenvalue weighted by molar-refractivity contribution is 7.18. The summed E-state index contributed by atoms with van der Waals surface area (Å²) in [5.41, 5.74) is 0.924. The quantitative estimate of drug-likeness (QED) is 0.283. The van der Waals surface area contributed by atoms with Gasteiger partial charge in [-0.2, -0.15) is 10.2 Å². The highest BCUT2D eigenvalue weighted by Crippen LogP contribution is 2.25. The van der Waals surface area contributed by atoms with Crippen molar-refractivity contribution in [2.45, 2.75) is 77.6 Å². The van der Waals surface area contributed by atoms with Crippen LogP contribution >= 0.6 is 11.3 Å². The minimum Gasteiger partial charge on any atom is -0.388 e. The van der Waals surface area contributed by atoms with E-state index >= 15 is 0 Å². The molecule has 5 nitrogen and oxygen atoms in total. The fourth-order valence-electron chi connectivity index (χ4n) is 3.63. The molecule has 0 spiro atoms. The molecule has 2 heterocycles. The third-order valence-corrected chi connectivity index (χ3v) is 6.51. The first kappa shape index (κ1) is 23.0. The van der Waals surface area contributed by atoms with Gasteiger partial charge in [0.05, 0.1) is 17.0 Å². The van der Waals surface area contributed by atoms with E-state index in [1.165, 1.54) is 62.7 Å². The predicted molar refractivity (Wildman–Crippen MR) is 128 cm³/mol. The molecule has 0 aliphatic carbocycles. The fourth-order valence-corrected chi connectivity index (χ4v) is 4.69. The molecule has 0 saturated heterocycles. The SMILES string of the molecule is CCCCCCCCCCCCc1cc2c(=O)oc(Nc3ccc(C#N)cc3)nc2s1. The van der Waals surface area contributed by atoms with E-state index in [4.69, 9.17) is 9.68 Å². The number of benzene rings is 1. The summed E-state index contributed by atoms with van der Waals surface area (Å²) >= 11 is 1.57. The molecule has 0 aliphatic heterocycles. The topological polar surface area (TPSA) is 78.9 Å². The number of hydrogen-bond donors (Lipinski definition) is 1. The highest BCUT2D eigenvalue weighted by Gasteiger charge is 2.11. The van der Waals surface area contributed by atoms with Crippen LogP contribution < -0.4 is 10.9 Å². The van der Waals surface area contributed by atoms with E-state index in [2.05, 4.69) is 23.3 Å². The molecule has 164 valence electrons. The van der Waals surface area contributed by atoms with Crippen molar-refractivity contribution in [3.63, 3.8) is 0 Å². The monoisotopic (exact) mass is 437 g/mol. The second-order valence-electron chi connectivity index (χ2n) is 7.98. The lowest BCUT2D eigenvalue weighted by molar-refractivity contribution is 0.522. The molecule has 3 rings (SSSR count). The summed E-state index contributed by atoms with van der Waals surface area (Å²) in [5, 5.41) is 12.4. The van der Waals surface area contributed by atoms with Gasteiger partial charge >= 0.3 is 11.6 Å². The summed E-state index contributed by atoms with van der Waals surface area (Å²) in [5.74, 6) is 0. The van der Waals surface area contributed by atoms with Gasteiger partial charge in [0, 0.05) is 10.6 Å². The standard InChI is InChI=1S/C25H31N3O2S/c1-2-3-4-5-6-7-8-9-10-11-12-21-17-22-23(31-21)28-25(30-24(22)29)27-20-15-13-19(18-26)14-16-20/h13-17H,2-12H2,1H3,(H,27,28). The molecule has 0 radical (unpaired) electrons. The Morgan fingerprint density at radius 3 is 2.29 bits per heavy atom. The molecule has 2 aromatic heterocycles. The van der Waals surface area contributed by atoms with Crippen LogP contribution in [0.15, 0.2) is 39.5 Å². The number of fused-ring (bicyclic) bond motifs is 1. The Bertz CT molecular complexity index is 1050. The first-order valence-corrected chi connectivity index (χ1v) is 12.2. The average molecular weight is 438 g/mol. The fraction of sp³-hybridized carbons (Fsp3) is 0.480. The number of unbranched alkanes of at least 4 members (excludes halogenated alkanes) is 9. The van der Waals surface area contributed by atoms with Crippen LogP contribution in [0.4, 0.5) is 11.7 Å². The summed E-state index contributed by atoms with van der Waals surface area (Å²) in [7, 11) is 0. The van der Waals surface area contributed by atoms with E-state index < -0.39 is 0 Å². The van der Waals surface area contributed by atoms with Crippen molar-refractivity contribution in [1.29, 1.82) is 5.26 Å². The molecule has 0 unspecified atom stereocenters. The van der Waals surface area contributed by atoms with Gasteiger partial charge in [-0.1, -0.05) is 64.7 Å². The first-order chi connectivity index (χ1) is 15.2. The lowest BCUT2D eigenvalue weighted by Crippen LogP contribution is -2.03. The van der Waals surface area contributed by atoms with Crippen molar-refractivity contribution in [3.8, 4) is 6.07 Å². The van der Waals surface area contributed by atoms with Crippen molar-refractivity contribution in [3.05, 3.63) is 51.2 Å². The number of nitriles is 1. The smallest absolute Gasteiger partial charge is 0.349 e. The molecule has 0 atom stereocenters. The molecule has 1 aromatic carbocycles. The van der Waals surface area contributed by atoms with Crippen molar-refractivity contribution < 1.29 is 4.42 Å². The molecule has 1 N–H and O–H groups in total. The Kier molecular flexibility index (Phi) is 9.11. The van der Waals surface area contributed by atoms with Crippen molar-refractivity contribution >= 4 is 33.3 Å². The van der Waals surface area contributed by atoms with Crippen LogP contribution in [0, 0.1) is 11.3 Å². The molecule has 3 aromatic rings. The van der Waals surface area contributed by atoms with Gasteiger partial charge in [0.15, 0.2) is 0 Å². The van der Waals surface area contributed by atoms with Gasteiger partial charge in [-0.05, 0) is 43.2 Å². The summed E-state index contributed by atoms with van der Waals surface area (Å²) in [6.07, 6.45) is 14.1. The minimum absolute atomic E-state index is 0.176. The Balaban J connectivity index is 1.47. The predicted octanol–water partition coefficient (Wildman–Crippen LogP) is 7.33. The molecule has 0 fully saturated rings. The molecular formula is C25H31N3O2S. The van der Waals surface area contributed by atoms with Crippen LogP contribution in [0.2, 0.25) is 0 Å². The lowest BCUT2D eigenvalue weighted by Gasteiger charge is -2.03. The Hall–Kier alpha value is -2.65. The van der Waals surface area contributed by atoms with Gasteiger partial charge in [-0.3, -0.25) is 0 Å². The number of thiophene rings is 1. The largest absolute Gasteiger partial charge is 0.388 e. The Morgan fingerprint density at radius 1 is 1.00 bits per heavy atom.